The lowest BCUT2D eigenvalue weighted by atomic mass is 10.1. The number of hydrogen-bond donors (Lipinski definition) is 2. The van der Waals surface area contributed by atoms with Crippen LogP contribution in [-0.4, -0.2) is 16.8 Å². The van der Waals surface area contributed by atoms with E-state index in [0.29, 0.717) is 22.1 Å². The second-order valence-electron chi connectivity index (χ2n) is 4.79. The van der Waals surface area contributed by atoms with Crippen molar-refractivity contribution in [2.45, 2.75) is 13.8 Å². The van der Waals surface area contributed by atoms with Gasteiger partial charge in [0.05, 0.1) is 5.69 Å². The van der Waals surface area contributed by atoms with E-state index >= 15 is 0 Å². The number of nitrogens with one attached hydrogen (secondary N) is 2. The first-order chi connectivity index (χ1) is 11.5. The average molecular weight is 345 g/mol. The van der Waals surface area contributed by atoms with Crippen LogP contribution in [0.25, 0.3) is 11.3 Å². The second-order valence-corrected chi connectivity index (χ2v) is 5.65. The maximum absolute atomic E-state index is 14.2. The Labute approximate surface area is 142 Å². The molecule has 2 aromatic rings. The number of carbonyl (C=O) groups excluding carboxylic acids is 2. The lowest BCUT2D eigenvalue weighted by molar-refractivity contribution is -0.114. The Morgan fingerprint density at radius 1 is 1.25 bits per heavy atom. The first-order valence-corrected chi connectivity index (χ1v) is 8.01. The molecular weight excluding hydrogens is 329 g/mol. The van der Waals surface area contributed by atoms with Gasteiger partial charge < -0.3 is 5.32 Å². The Hall–Kier alpha value is -2.80. The van der Waals surface area contributed by atoms with Crippen molar-refractivity contribution in [3.8, 4) is 11.3 Å². The van der Waals surface area contributed by atoms with E-state index in [1.807, 2.05) is 6.92 Å². The summed E-state index contributed by atoms with van der Waals surface area (Å²) in [6.07, 6.45) is 6.53. The van der Waals surface area contributed by atoms with Crippen LogP contribution in [0.1, 0.15) is 13.8 Å². The fourth-order valence-corrected chi connectivity index (χ4v) is 2.57. The SMILES string of the molecule is CC=CC=CC(=O)Nc1nc(-c2ccc(NC(C)=O)cc2F)cs1. The van der Waals surface area contributed by atoms with E-state index in [2.05, 4.69) is 15.6 Å². The number of nitrogens with zero attached hydrogens (tertiary/aromatic N) is 1. The molecular formula is C17H16FN3O2S. The van der Waals surface area contributed by atoms with Crippen LogP contribution in [0.4, 0.5) is 15.2 Å². The minimum Gasteiger partial charge on any atom is -0.326 e. The summed E-state index contributed by atoms with van der Waals surface area (Å²) < 4.78 is 14.2. The molecule has 2 amide bonds. The number of allylic oxidation sites excluding steroid dienone is 3. The molecule has 0 atom stereocenters. The Bertz CT molecular complexity index is 812. The lowest BCUT2D eigenvalue weighted by Crippen LogP contribution is -2.07. The minimum atomic E-state index is -0.502. The van der Waals surface area contributed by atoms with Gasteiger partial charge in [-0.1, -0.05) is 18.2 Å². The zero-order valence-electron chi connectivity index (χ0n) is 13.2. The van der Waals surface area contributed by atoms with Gasteiger partial charge in [0, 0.05) is 29.6 Å². The molecule has 0 saturated carbocycles. The van der Waals surface area contributed by atoms with Crippen molar-refractivity contribution in [1.29, 1.82) is 0 Å². The summed E-state index contributed by atoms with van der Waals surface area (Å²) in [4.78, 5) is 26.9. The molecule has 24 heavy (non-hydrogen) atoms. The van der Waals surface area contributed by atoms with Gasteiger partial charge in [-0.2, -0.15) is 0 Å². The van der Waals surface area contributed by atoms with E-state index in [1.54, 1.807) is 29.7 Å². The molecule has 2 rings (SSSR count). The van der Waals surface area contributed by atoms with Gasteiger partial charge in [0.1, 0.15) is 5.82 Å². The number of carbonyl (C=O) groups is 2. The summed E-state index contributed by atoms with van der Waals surface area (Å²) in [6, 6.07) is 4.36. The van der Waals surface area contributed by atoms with E-state index < -0.39 is 5.82 Å². The van der Waals surface area contributed by atoms with Gasteiger partial charge >= 0.3 is 0 Å². The Balaban J connectivity index is 2.13. The second kappa shape index (κ2) is 8.16. The van der Waals surface area contributed by atoms with Crippen molar-refractivity contribution in [1.82, 2.24) is 4.98 Å². The Morgan fingerprint density at radius 3 is 2.71 bits per heavy atom. The zero-order chi connectivity index (χ0) is 17.5. The molecule has 124 valence electrons. The normalized spacial score (nSPS) is 11.1. The molecule has 0 saturated heterocycles. The molecule has 7 heteroatoms. The van der Waals surface area contributed by atoms with Crippen LogP contribution in [0.15, 0.2) is 47.9 Å². The fraction of sp³-hybridized carbons (Fsp3) is 0.118. The molecule has 1 aromatic heterocycles. The Kier molecular flexibility index (Phi) is 5.97. The predicted octanol–water partition coefficient (Wildman–Crippen LogP) is 3.98. The number of amides is 2. The third-order valence-corrected chi connectivity index (χ3v) is 3.61. The molecule has 0 aliphatic rings. The monoisotopic (exact) mass is 345 g/mol. The van der Waals surface area contributed by atoms with Gasteiger partial charge in [0.15, 0.2) is 5.13 Å². The molecule has 0 aliphatic heterocycles. The van der Waals surface area contributed by atoms with Crippen molar-refractivity contribution in [2.75, 3.05) is 10.6 Å². The summed E-state index contributed by atoms with van der Waals surface area (Å²) >= 11 is 1.20. The lowest BCUT2D eigenvalue weighted by Gasteiger charge is -2.04. The highest BCUT2D eigenvalue weighted by molar-refractivity contribution is 7.14. The van der Waals surface area contributed by atoms with Gasteiger partial charge in [-0.3, -0.25) is 14.9 Å². The third kappa shape index (κ3) is 4.85. The number of thiazole rings is 1. The largest absolute Gasteiger partial charge is 0.326 e. The van der Waals surface area contributed by atoms with Crippen LogP contribution >= 0.6 is 11.3 Å². The summed E-state index contributed by atoms with van der Waals surface area (Å²) in [7, 11) is 0. The highest BCUT2D eigenvalue weighted by Gasteiger charge is 2.11. The van der Waals surface area contributed by atoms with Gasteiger partial charge in [0.2, 0.25) is 11.8 Å². The standard InChI is InChI=1S/C17H16FN3O2S/c1-3-4-5-6-16(23)21-17-20-15(10-24-17)13-8-7-12(9-14(13)18)19-11(2)22/h3-10H,1-2H3,(H,19,22)(H,20,21,23). The minimum absolute atomic E-state index is 0.272. The molecule has 0 radical (unpaired) electrons. The summed E-state index contributed by atoms with van der Waals surface area (Å²) in [5.41, 5.74) is 1.09. The number of rotatable bonds is 5. The smallest absolute Gasteiger partial charge is 0.250 e. The predicted molar refractivity (Wildman–Crippen MR) is 94.4 cm³/mol. The van der Waals surface area contributed by atoms with E-state index in [9.17, 15) is 14.0 Å². The van der Waals surface area contributed by atoms with Crippen molar-refractivity contribution < 1.29 is 14.0 Å². The number of anilines is 2. The molecule has 0 aliphatic carbocycles. The molecule has 0 bridgehead atoms. The van der Waals surface area contributed by atoms with Crippen molar-refractivity contribution in [3.05, 3.63) is 53.7 Å². The first kappa shape index (κ1) is 17.6. The summed E-state index contributed by atoms with van der Waals surface area (Å²) in [6.45, 7) is 3.20. The number of halogens is 1. The van der Waals surface area contributed by atoms with Gasteiger partial charge in [0.25, 0.3) is 0 Å². The van der Waals surface area contributed by atoms with Crippen molar-refractivity contribution in [2.24, 2.45) is 0 Å². The molecule has 0 unspecified atom stereocenters. The van der Waals surface area contributed by atoms with Crippen LogP contribution in [0.3, 0.4) is 0 Å². The average Bonchev–Trinajstić information content (AvgIpc) is 2.95. The van der Waals surface area contributed by atoms with E-state index in [1.165, 1.54) is 36.5 Å². The van der Waals surface area contributed by atoms with Gasteiger partial charge in [-0.15, -0.1) is 11.3 Å². The maximum atomic E-state index is 14.2. The van der Waals surface area contributed by atoms with Crippen LogP contribution in [0, 0.1) is 5.82 Å². The van der Waals surface area contributed by atoms with Crippen LogP contribution < -0.4 is 10.6 Å². The third-order valence-electron chi connectivity index (χ3n) is 2.85. The summed E-state index contributed by atoms with van der Waals surface area (Å²) in [5.74, 6) is -1.08. The topological polar surface area (TPSA) is 71.1 Å². The van der Waals surface area contributed by atoms with Gasteiger partial charge in [-0.25, -0.2) is 9.37 Å². The molecule has 0 fully saturated rings. The summed E-state index contributed by atoms with van der Waals surface area (Å²) in [5, 5.41) is 7.16. The number of hydrogen-bond acceptors (Lipinski definition) is 4. The highest BCUT2D eigenvalue weighted by atomic mass is 32.1. The highest BCUT2D eigenvalue weighted by Crippen LogP contribution is 2.28. The van der Waals surface area contributed by atoms with Crippen LogP contribution in [0.5, 0.6) is 0 Å². The number of aromatic nitrogens is 1. The van der Waals surface area contributed by atoms with Gasteiger partial charge in [-0.05, 0) is 25.1 Å². The molecule has 1 aromatic carbocycles. The molecule has 0 spiro atoms. The van der Waals surface area contributed by atoms with Crippen molar-refractivity contribution >= 4 is 34.0 Å². The molecule has 5 nitrogen and oxygen atoms in total. The van der Waals surface area contributed by atoms with E-state index in [-0.39, 0.29) is 11.8 Å². The molecule has 2 N–H and O–H groups in total. The van der Waals surface area contributed by atoms with Crippen LogP contribution in [-0.2, 0) is 9.59 Å². The van der Waals surface area contributed by atoms with E-state index in [4.69, 9.17) is 0 Å². The number of benzene rings is 1. The van der Waals surface area contributed by atoms with E-state index in [0.717, 1.165) is 0 Å². The first-order valence-electron chi connectivity index (χ1n) is 7.13. The molecule has 1 heterocycles. The fourth-order valence-electron chi connectivity index (χ4n) is 1.86. The zero-order valence-corrected chi connectivity index (χ0v) is 14.0. The maximum Gasteiger partial charge on any atom is 0.250 e. The van der Waals surface area contributed by atoms with Crippen molar-refractivity contribution in [3.63, 3.8) is 0 Å². The quantitative estimate of drug-likeness (QED) is 0.636. The van der Waals surface area contributed by atoms with Crippen LogP contribution in [0.2, 0.25) is 0 Å². The Morgan fingerprint density at radius 2 is 2.04 bits per heavy atom.